The Morgan fingerprint density at radius 1 is 1.38 bits per heavy atom. The predicted octanol–water partition coefficient (Wildman–Crippen LogP) is 1.96. The lowest BCUT2D eigenvalue weighted by Gasteiger charge is -2.19. The van der Waals surface area contributed by atoms with Gasteiger partial charge in [0.1, 0.15) is 23.2 Å². The normalized spacial score (nSPS) is 10.7. The molecular formula is C19H18N4O3. The van der Waals surface area contributed by atoms with E-state index in [2.05, 4.69) is 4.98 Å². The van der Waals surface area contributed by atoms with E-state index in [1.807, 2.05) is 32.0 Å². The Balaban J connectivity index is 2.53. The number of aliphatic hydroxyl groups is 1. The molecule has 0 aliphatic heterocycles. The first-order valence-electron chi connectivity index (χ1n) is 7.93. The van der Waals surface area contributed by atoms with Gasteiger partial charge >= 0.3 is 0 Å². The number of aliphatic hydroxyl groups excluding tert-OH is 1. The van der Waals surface area contributed by atoms with Crippen LogP contribution in [0.3, 0.4) is 0 Å². The van der Waals surface area contributed by atoms with Gasteiger partial charge in [0.2, 0.25) is 0 Å². The first kappa shape index (κ1) is 17.5. The number of nitrogen functional groups attached to an aromatic ring is 1. The molecule has 0 spiro atoms. The summed E-state index contributed by atoms with van der Waals surface area (Å²) in [4.78, 5) is 17.4. The van der Waals surface area contributed by atoms with Gasteiger partial charge in [-0.3, -0.25) is 14.3 Å². The number of pyridine rings is 2. The summed E-state index contributed by atoms with van der Waals surface area (Å²) in [6, 6.07) is 7.21. The molecule has 0 amide bonds. The van der Waals surface area contributed by atoms with Crippen molar-refractivity contribution >= 4 is 16.7 Å². The Morgan fingerprint density at radius 2 is 2.12 bits per heavy atom. The minimum absolute atomic E-state index is 0.0219. The number of hydrogen-bond donors (Lipinski definition) is 2. The van der Waals surface area contributed by atoms with Crippen molar-refractivity contribution in [3.8, 4) is 17.5 Å². The summed E-state index contributed by atoms with van der Waals surface area (Å²) in [5.41, 5.74) is 8.73. The molecule has 2 heterocycles. The van der Waals surface area contributed by atoms with Crippen LogP contribution in [0.2, 0.25) is 0 Å². The van der Waals surface area contributed by atoms with Crippen LogP contribution in [0, 0.1) is 25.2 Å². The van der Waals surface area contributed by atoms with Gasteiger partial charge in [-0.15, -0.1) is 0 Å². The van der Waals surface area contributed by atoms with Gasteiger partial charge in [0.05, 0.1) is 30.3 Å². The molecule has 0 saturated heterocycles. The first-order chi connectivity index (χ1) is 12.4. The molecule has 0 aliphatic rings. The number of aryl methyl sites for hydroxylation is 1. The van der Waals surface area contributed by atoms with E-state index in [0.717, 1.165) is 11.1 Å². The zero-order valence-electron chi connectivity index (χ0n) is 14.7. The third kappa shape index (κ3) is 2.48. The largest absolute Gasteiger partial charge is 0.496 e. The Labute approximate surface area is 149 Å². The first-order valence-corrected chi connectivity index (χ1v) is 7.93. The van der Waals surface area contributed by atoms with Crippen LogP contribution in [0.25, 0.3) is 16.6 Å². The number of methoxy groups -OCH3 is 1. The number of rotatable bonds is 3. The lowest BCUT2D eigenvalue weighted by molar-refractivity contribution is 0.281. The van der Waals surface area contributed by atoms with Crippen LogP contribution in [0.5, 0.6) is 5.75 Å². The van der Waals surface area contributed by atoms with Gasteiger partial charge in [-0.05, 0) is 37.1 Å². The topological polar surface area (TPSA) is 114 Å². The van der Waals surface area contributed by atoms with E-state index < -0.39 is 5.56 Å². The Kier molecular flexibility index (Phi) is 4.36. The zero-order chi connectivity index (χ0) is 19.0. The number of benzene rings is 1. The summed E-state index contributed by atoms with van der Waals surface area (Å²) in [5.74, 6) is 0.631. The number of nitrogens with two attached hydrogens (primary N) is 1. The van der Waals surface area contributed by atoms with E-state index in [1.54, 1.807) is 7.11 Å². The minimum Gasteiger partial charge on any atom is -0.496 e. The highest BCUT2D eigenvalue weighted by Crippen LogP contribution is 2.30. The highest BCUT2D eigenvalue weighted by atomic mass is 16.5. The second kappa shape index (κ2) is 6.50. The molecule has 0 bridgehead atoms. The number of nitriles is 1. The molecule has 26 heavy (non-hydrogen) atoms. The van der Waals surface area contributed by atoms with Crippen molar-refractivity contribution in [1.82, 2.24) is 9.55 Å². The van der Waals surface area contributed by atoms with Gasteiger partial charge < -0.3 is 15.6 Å². The number of hydrogen-bond acceptors (Lipinski definition) is 6. The third-order valence-corrected chi connectivity index (χ3v) is 4.43. The van der Waals surface area contributed by atoms with Crippen LogP contribution in [-0.4, -0.2) is 21.8 Å². The van der Waals surface area contributed by atoms with E-state index in [0.29, 0.717) is 17.0 Å². The zero-order valence-corrected chi connectivity index (χ0v) is 14.7. The van der Waals surface area contributed by atoms with Crippen molar-refractivity contribution in [2.75, 3.05) is 12.8 Å². The van der Waals surface area contributed by atoms with Gasteiger partial charge in [0, 0.05) is 11.8 Å². The van der Waals surface area contributed by atoms with Gasteiger partial charge in [0.15, 0.2) is 0 Å². The summed E-state index contributed by atoms with van der Waals surface area (Å²) in [7, 11) is 1.55. The maximum atomic E-state index is 13.2. The molecule has 0 aliphatic carbocycles. The fourth-order valence-electron chi connectivity index (χ4n) is 3.13. The monoisotopic (exact) mass is 350 g/mol. The third-order valence-electron chi connectivity index (χ3n) is 4.43. The molecule has 3 rings (SSSR count). The number of ether oxygens (including phenoxy) is 1. The van der Waals surface area contributed by atoms with Gasteiger partial charge in [-0.1, -0.05) is 6.07 Å². The molecule has 132 valence electrons. The van der Waals surface area contributed by atoms with Crippen molar-refractivity contribution in [2.45, 2.75) is 20.5 Å². The van der Waals surface area contributed by atoms with Crippen molar-refractivity contribution < 1.29 is 9.84 Å². The molecule has 7 heteroatoms. The Morgan fingerprint density at radius 3 is 2.73 bits per heavy atom. The molecule has 0 unspecified atom stereocenters. The second-order valence-electron chi connectivity index (χ2n) is 5.97. The van der Waals surface area contributed by atoms with Crippen LogP contribution < -0.4 is 16.0 Å². The van der Waals surface area contributed by atoms with E-state index in [9.17, 15) is 15.2 Å². The van der Waals surface area contributed by atoms with E-state index in [-0.39, 0.29) is 28.9 Å². The predicted molar refractivity (Wildman–Crippen MR) is 98.4 cm³/mol. The molecule has 2 aromatic heterocycles. The van der Waals surface area contributed by atoms with E-state index in [4.69, 9.17) is 10.5 Å². The minimum atomic E-state index is -0.404. The maximum Gasteiger partial charge on any atom is 0.266 e. The SMILES string of the molecule is COc1ccc(C)c(-n2c(N)c(C#N)c3ncc(CO)cc3c2=O)c1C. The summed E-state index contributed by atoms with van der Waals surface area (Å²) < 4.78 is 6.67. The molecule has 3 N–H and O–H groups in total. The van der Waals surface area contributed by atoms with Crippen molar-refractivity contribution in [1.29, 1.82) is 5.26 Å². The van der Waals surface area contributed by atoms with Crippen LogP contribution >= 0.6 is 0 Å². The van der Waals surface area contributed by atoms with Crippen molar-refractivity contribution in [2.24, 2.45) is 0 Å². The molecule has 0 fully saturated rings. The van der Waals surface area contributed by atoms with Crippen LogP contribution in [0.15, 0.2) is 29.2 Å². The lowest BCUT2D eigenvalue weighted by Crippen LogP contribution is -2.25. The highest BCUT2D eigenvalue weighted by molar-refractivity contribution is 5.88. The number of aromatic nitrogens is 2. The van der Waals surface area contributed by atoms with Gasteiger partial charge in [0.25, 0.3) is 5.56 Å². The van der Waals surface area contributed by atoms with E-state index in [1.165, 1.54) is 16.8 Å². The highest BCUT2D eigenvalue weighted by Gasteiger charge is 2.20. The standard InChI is InChI=1S/C19H18N4O3/c1-10-4-5-15(26-3)11(2)17(10)23-18(21)14(7-20)16-13(19(23)25)6-12(9-24)8-22-16/h4-6,8,24H,9,21H2,1-3H3. The average molecular weight is 350 g/mol. The molecule has 0 saturated carbocycles. The van der Waals surface area contributed by atoms with Crippen LogP contribution in [0.4, 0.5) is 5.82 Å². The molecule has 1 aromatic carbocycles. The van der Waals surface area contributed by atoms with Crippen molar-refractivity contribution in [3.63, 3.8) is 0 Å². The molecule has 0 atom stereocenters. The van der Waals surface area contributed by atoms with Gasteiger partial charge in [-0.25, -0.2) is 0 Å². The van der Waals surface area contributed by atoms with Crippen molar-refractivity contribution in [3.05, 3.63) is 57.0 Å². The molecule has 7 nitrogen and oxygen atoms in total. The Bertz CT molecular complexity index is 1130. The summed E-state index contributed by atoms with van der Waals surface area (Å²) in [6.45, 7) is 3.42. The van der Waals surface area contributed by atoms with E-state index >= 15 is 0 Å². The van der Waals surface area contributed by atoms with Crippen LogP contribution in [0.1, 0.15) is 22.3 Å². The molecule has 0 radical (unpaired) electrons. The van der Waals surface area contributed by atoms with Crippen LogP contribution in [-0.2, 0) is 6.61 Å². The average Bonchev–Trinajstić information content (AvgIpc) is 2.64. The number of fused-ring (bicyclic) bond motifs is 1. The number of nitrogens with zero attached hydrogens (tertiary/aromatic N) is 3. The summed E-state index contributed by atoms with van der Waals surface area (Å²) in [6.07, 6.45) is 1.43. The van der Waals surface area contributed by atoms with Gasteiger partial charge in [-0.2, -0.15) is 5.26 Å². The summed E-state index contributed by atoms with van der Waals surface area (Å²) >= 11 is 0. The molecular weight excluding hydrogens is 332 g/mol. The number of anilines is 1. The quantitative estimate of drug-likeness (QED) is 0.746. The lowest BCUT2D eigenvalue weighted by atomic mass is 10.1. The maximum absolute atomic E-state index is 13.2. The fourth-order valence-corrected chi connectivity index (χ4v) is 3.13. The smallest absolute Gasteiger partial charge is 0.266 e. The summed E-state index contributed by atoms with van der Waals surface area (Å²) in [5, 5.41) is 19.2. The fraction of sp³-hybridized carbons (Fsp3) is 0.211. The molecule has 3 aromatic rings. The Hall–Kier alpha value is -3.37. The second-order valence-corrected chi connectivity index (χ2v) is 5.97.